The Morgan fingerprint density at radius 1 is 1.35 bits per heavy atom. The molecule has 0 aliphatic heterocycles. The Balaban J connectivity index is 1.55. The number of para-hydroxylation sites is 1. The van der Waals surface area contributed by atoms with Crippen LogP contribution in [0.15, 0.2) is 29.4 Å². The van der Waals surface area contributed by atoms with Crippen molar-refractivity contribution in [2.45, 2.75) is 26.2 Å². The molecule has 1 aliphatic rings. The second-order valence-corrected chi connectivity index (χ2v) is 5.79. The quantitative estimate of drug-likeness (QED) is 0.513. The summed E-state index contributed by atoms with van der Waals surface area (Å²) in [7, 11) is 0. The molecule has 1 aromatic carbocycles. The molecular weight excluding hydrogens is 290 g/mol. The van der Waals surface area contributed by atoms with E-state index < -0.39 is 0 Å². The molecule has 0 saturated heterocycles. The maximum absolute atomic E-state index is 12.2. The molecule has 6 heteroatoms. The van der Waals surface area contributed by atoms with E-state index in [1.165, 1.54) is 0 Å². The highest BCUT2D eigenvalue weighted by atomic mass is 16.2. The smallest absolute Gasteiger partial charge is 0.292 e. The average molecular weight is 307 g/mol. The van der Waals surface area contributed by atoms with Crippen LogP contribution in [0.5, 0.6) is 0 Å². The van der Waals surface area contributed by atoms with Gasteiger partial charge in [-0.15, -0.1) is 0 Å². The van der Waals surface area contributed by atoms with Gasteiger partial charge in [-0.05, 0) is 32.3 Å². The number of aryl methyl sites for hydroxylation is 2. The summed E-state index contributed by atoms with van der Waals surface area (Å²) >= 11 is 0. The van der Waals surface area contributed by atoms with Crippen LogP contribution in [0.4, 0.5) is 0 Å². The van der Waals surface area contributed by atoms with Crippen LogP contribution in [0.3, 0.4) is 0 Å². The molecule has 0 spiro atoms. The molecule has 3 aromatic rings. The van der Waals surface area contributed by atoms with Crippen molar-refractivity contribution in [2.75, 3.05) is 0 Å². The average Bonchev–Trinajstić information content (AvgIpc) is 3.21. The van der Waals surface area contributed by atoms with Crippen LogP contribution in [0.1, 0.15) is 39.4 Å². The van der Waals surface area contributed by atoms with Gasteiger partial charge in [-0.1, -0.05) is 18.2 Å². The number of nitrogens with zero attached hydrogens (tertiary/aromatic N) is 2. The number of hydrogen-bond acceptors (Lipinski definition) is 3. The van der Waals surface area contributed by atoms with Crippen LogP contribution in [0.25, 0.3) is 10.9 Å². The lowest BCUT2D eigenvalue weighted by Gasteiger charge is -1.98. The molecular formula is C17H17N5O. The summed E-state index contributed by atoms with van der Waals surface area (Å²) < 4.78 is 0. The van der Waals surface area contributed by atoms with E-state index in [2.05, 4.69) is 25.7 Å². The van der Waals surface area contributed by atoms with Crippen LogP contribution in [0, 0.1) is 6.92 Å². The van der Waals surface area contributed by atoms with Gasteiger partial charge in [-0.2, -0.15) is 10.2 Å². The fraction of sp³-hybridized carbons (Fsp3) is 0.235. The summed E-state index contributed by atoms with van der Waals surface area (Å²) in [5, 5.41) is 12.2. The molecule has 1 aliphatic carbocycles. The molecule has 23 heavy (non-hydrogen) atoms. The summed E-state index contributed by atoms with van der Waals surface area (Å²) in [4.78, 5) is 15.5. The van der Waals surface area contributed by atoms with Gasteiger partial charge in [0.2, 0.25) is 0 Å². The molecule has 3 N–H and O–H groups in total. The highest BCUT2D eigenvalue weighted by Crippen LogP contribution is 2.22. The van der Waals surface area contributed by atoms with Crippen LogP contribution in [-0.4, -0.2) is 27.3 Å². The molecule has 116 valence electrons. The Bertz CT molecular complexity index is 918. The Kier molecular flexibility index (Phi) is 3.22. The first-order valence-electron chi connectivity index (χ1n) is 7.71. The maximum atomic E-state index is 12.2. The molecule has 1 amide bonds. The van der Waals surface area contributed by atoms with Crippen molar-refractivity contribution in [3.05, 3.63) is 52.5 Å². The van der Waals surface area contributed by atoms with Crippen molar-refractivity contribution >= 4 is 23.0 Å². The van der Waals surface area contributed by atoms with E-state index >= 15 is 0 Å². The third-order valence-corrected chi connectivity index (χ3v) is 4.32. The van der Waals surface area contributed by atoms with Gasteiger partial charge >= 0.3 is 0 Å². The van der Waals surface area contributed by atoms with Gasteiger partial charge in [0, 0.05) is 33.4 Å². The van der Waals surface area contributed by atoms with Crippen molar-refractivity contribution in [3.8, 4) is 0 Å². The molecule has 0 fully saturated rings. The highest BCUT2D eigenvalue weighted by Gasteiger charge is 2.22. The van der Waals surface area contributed by atoms with E-state index in [0.29, 0.717) is 5.69 Å². The van der Waals surface area contributed by atoms with Gasteiger partial charge in [0.25, 0.3) is 5.91 Å². The molecule has 4 rings (SSSR count). The number of benzene rings is 1. The number of nitrogens with one attached hydrogen (secondary N) is 3. The number of amides is 1. The molecule has 0 radical (unpaired) electrons. The zero-order valence-electron chi connectivity index (χ0n) is 12.8. The van der Waals surface area contributed by atoms with Crippen molar-refractivity contribution in [1.82, 2.24) is 20.6 Å². The molecule has 6 nitrogen and oxygen atoms in total. The Labute approximate surface area is 133 Å². The third-order valence-electron chi connectivity index (χ3n) is 4.32. The number of fused-ring (bicyclic) bond motifs is 2. The first-order chi connectivity index (χ1) is 11.2. The number of aromatic amines is 2. The van der Waals surface area contributed by atoms with E-state index in [4.69, 9.17) is 0 Å². The van der Waals surface area contributed by atoms with Crippen LogP contribution >= 0.6 is 0 Å². The van der Waals surface area contributed by atoms with Crippen LogP contribution < -0.4 is 5.43 Å². The third kappa shape index (κ3) is 2.32. The SMILES string of the molecule is Cc1[nH]c2ccccc2c1C=NNC(=O)c1n[nH]c2c1CCC2. The van der Waals surface area contributed by atoms with Crippen molar-refractivity contribution in [1.29, 1.82) is 0 Å². The first-order valence-corrected chi connectivity index (χ1v) is 7.71. The second-order valence-electron chi connectivity index (χ2n) is 5.79. The number of carbonyl (C=O) groups is 1. The maximum Gasteiger partial charge on any atom is 0.292 e. The Hall–Kier alpha value is -2.89. The summed E-state index contributed by atoms with van der Waals surface area (Å²) in [5.41, 5.74) is 8.20. The molecule has 2 heterocycles. The normalized spacial score (nSPS) is 13.8. The number of hydrogen-bond donors (Lipinski definition) is 3. The lowest BCUT2D eigenvalue weighted by Crippen LogP contribution is -2.19. The van der Waals surface area contributed by atoms with E-state index in [1.807, 2.05) is 31.2 Å². The predicted octanol–water partition coefficient (Wildman–Crippen LogP) is 2.45. The first kappa shape index (κ1) is 13.8. The lowest BCUT2D eigenvalue weighted by molar-refractivity contribution is 0.0949. The second kappa shape index (κ2) is 5.39. The van der Waals surface area contributed by atoms with Crippen molar-refractivity contribution < 1.29 is 4.79 Å². The van der Waals surface area contributed by atoms with Crippen LogP contribution in [0.2, 0.25) is 0 Å². The fourth-order valence-corrected chi connectivity index (χ4v) is 3.18. The van der Waals surface area contributed by atoms with Gasteiger partial charge < -0.3 is 4.98 Å². The van der Waals surface area contributed by atoms with Gasteiger partial charge in [0.1, 0.15) is 0 Å². The monoisotopic (exact) mass is 307 g/mol. The summed E-state index contributed by atoms with van der Waals surface area (Å²) in [5.74, 6) is -0.266. The number of carbonyl (C=O) groups excluding carboxylic acids is 1. The van der Waals surface area contributed by atoms with Crippen LogP contribution in [-0.2, 0) is 12.8 Å². The largest absolute Gasteiger partial charge is 0.358 e. The van der Waals surface area contributed by atoms with Crippen molar-refractivity contribution in [2.24, 2.45) is 5.10 Å². The number of rotatable bonds is 3. The fourth-order valence-electron chi connectivity index (χ4n) is 3.18. The number of hydrazone groups is 1. The molecule has 0 bridgehead atoms. The van der Waals surface area contributed by atoms with Gasteiger partial charge in [0.05, 0.1) is 6.21 Å². The Morgan fingerprint density at radius 3 is 3.13 bits per heavy atom. The highest BCUT2D eigenvalue weighted by molar-refractivity contribution is 6.01. The standard InChI is InChI=1S/C17H17N5O/c1-10-13(11-5-2-3-7-14(11)19-10)9-18-22-17(23)16-12-6-4-8-15(12)20-21-16/h2-3,5,7,9,19H,4,6,8H2,1H3,(H,20,21)(H,22,23). The predicted molar refractivity (Wildman–Crippen MR) is 88.7 cm³/mol. The summed E-state index contributed by atoms with van der Waals surface area (Å²) in [6.07, 6.45) is 4.62. The van der Waals surface area contributed by atoms with Gasteiger partial charge in [-0.25, -0.2) is 5.43 Å². The van der Waals surface area contributed by atoms with E-state index in [1.54, 1.807) is 6.21 Å². The minimum Gasteiger partial charge on any atom is -0.358 e. The molecule has 0 saturated carbocycles. The topological polar surface area (TPSA) is 85.9 Å². The van der Waals surface area contributed by atoms with E-state index in [-0.39, 0.29) is 5.91 Å². The van der Waals surface area contributed by atoms with Gasteiger partial charge in [-0.3, -0.25) is 9.89 Å². The van der Waals surface area contributed by atoms with Gasteiger partial charge in [0.15, 0.2) is 5.69 Å². The molecule has 2 aromatic heterocycles. The zero-order chi connectivity index (χ0) is 15.8. The molecule has 0 atom stereocenters. The number of aromatic nitrogens is 3. The van der Waals surface area contributed by atoms with E-state index in [0.717, 1.165) is 52.7 Å². The van der Waals surface area contributed by atoms with E-state index in [9.17, 15) is 4.79 Å². The summed E-state index contributed by atoms with van der Waals surface area (Å²) in [6.45, 7) is 1.99. The molecule has 0 unspecified atom stereocenters. The minimum absolute atomic E-state index is 0.266. The lowest BCUT2D eigenvalue weighted by atomic mass is 10.1. The minimum atomic E-state index is -0.266. The zero-order valence-corrected chi connectivity index (χ0v) is 12.8. The Morgan fingerprint density at radius 2 is 2.22 bits per heavy atom. The summed E-state index contributed by atoms with van der Waals surface area (Å²) in [6, 6.07) is 8.02. The van der Waals surface area contributed by atoms with Crippen molar-refractivity contribution in [3.63, 3.8) is 0 Å². The number of H-pyrrole nitrogens is 2.